The second-order valence-corrected chi connectivity index (χ2v) is 5.78. The van der Waals surface area contributed by atoms with Gasteiger partial charge in [-0.3, -0.25) is 4.79 Å². The van der Waals surface area contributed by atoms with Crippen molar-refractivity contribution >= 4 is 5.78 Å². The Morgan fingerprint density at radius 2 is 2.05 bits per heavy atom. The van der Waals surface area contributed by atoms with Crippen molar-refractivity contribution in [2.75, 3.05) is 0 Å². The maximum absolute atomic E-state index is 12.4. The van der Waals surface area contributed by atoms with Crippen LogP contribution in [0.3, 0.4) is 0 Å². The maximum Gasteiger partial charge on any atom is 0.204 e. The summed E-state index contributed by atoms with van der Waals surface area (Å²) in [6, 6.07) is 12.0. The van der Waals surface area contributed by atoms with Gasteiger partial charge in [-0.05, 0) is 17.9 Å². The average Bonchev–Trinajstić information content (AvgIpc) is 2.54. The van der Waals surface area contributed by atoms with Crippen molar-refractivity contribution in [3.05, 3.63) is 58.7 Å². The van der Waals surface area contributed by atoms with E-state index >= 15 is 0 Å². The van der Waals surface area contributed by atoms with Crippen molar-refractivity contribution < 1.29 is 9.53 Å². The second-order valence-electron chi connectivity index (χ2n) is 5.78. The fourth-order valence-corrected chi connectivity index (χ4v) is 3.35. The van der Waals surface area contributed by atoms with Gasteiger partial charge in [0.2, 0.25) is 5.88 Å². The van der Waals surface area contributed by atoms with E-state index in [4.69, 9.17) is 10.5 Å². The average molecular weight is 294 g/mol. The van der Waals surface area contributed by atoms with E-state index in [0.29, 0.717) is 29.7 Å². The van der Waals surface area contributed by atoms with Crippen molar-refractivity contribution in [1.82, 2.24) is 0 Å². The summed E-state index contributed by atoms with van der Waals surface area (Å²) < 4.78 is 5.57. The number of rotatable bonds is 2. The Morgan fingerprint density at radius 3 is 2.73 bits per heavy atom. The lowest BCUT2D eigenvalue weighted by Gasteiger charge is -2.34. The van der Waals surface area contributed by atoms with Crippen LogP contribution >= 0.6 is 0 Å². The molecule has 0 saturated carbocycles. The molecule has 1 aliphatic carbocycles. The summed E-state index contributed by atoms with van der Waals surface area (Å²) in [5, 5.41) is 9.50. The molecule has 112 valence electrons. The largest absolute Gasteiger partial charge is 0.444 e. The number of hydrogen-bond donors (Lipinski definition) is 1. The van der Waals surface area contributed by atoms with Crippen molar-refractivity contribution in [3.8, 4) is 6.07 Å². The van der Waals surface area contributed by atoms with Crippen LogP contribution in [-0.4, -0.2) is 5.78 Å². The molecule has 0 saturated heterocycles. The van der Waals surface area contributed by atoms with Crippen molar-refractivity contribution in [3.63, 3.8) is 0 Å². The van der Waals surface area contributed by atoms with E-state index in [0.717, 1.165) is 12.0 Å². The van der Waals surface area contributed by atoms with Gasteiger partial charge in [0.25, 0.3) is 0 Å². The maximum atomic E-state index is 12.4. The van der Waals surface area contributed by atoms with Gasteiger partial charge in [-0.2, -0.15) is 5.26 Å². The molecule has 0 bridgehead atoms. The Balaban J connectivity index is 2.11. The quantitative estimate of drug-likeness (QED) is 0.909. The summed E-state index contributed by atoms with van der Waals surface area (Å²) in [5.74, 6) is 0.549. The molecule has 4 nitrogen and oxygen atoms in total. The number of hydrogen-bond acceptors (Lipinski definition) is 4. The Bertz CT molecular complexity index is 710. The standard InChI is InChI=1S/C18H18N2O2/c1-11(12-6-3-2-4-7-12)16-13(10-19)18(20)22-15-9-5-8-14(21)17(15)16/h2-4,6-7,11,16H,5,8-9,20H2,1H3/t11-,16-/m1/s1. The highest BCUT2D eigenvalue weighted by atomic mass is 16.5. The second kappa shape index (κ2) is 5.69. The summed E-state index contributed by atoms with van der Waals surface area (Å²) in [7, 11) is 0. The van der Waals surface area contributed by atoms with E-state index in [9.17, 15) is 10.1 Å². The van der Waals surface area contributed by atoms with Gasteiger partial charge in [0.15, 0.2) is 5.78 Å². The molecule has 0 fully saturated rings. The predicted octanol–water partition coefficient (Wildman–Crippen LogP) is 3.14. The predicted molar refractivity (Wildman–Crippen MR) is 82.1 cm³/mol. The van der Waals surface area contributed by atoms with Gasteiger partial charge in [-0.1, -0.05) is 37.3 Å². The molecule has 1 aliphatic heterocycles. The van der Waals surface area contributed by atoms with Gasteiger partial charge in [0.05, 0.1) is 5.57 Å². The molecule has 1 heterocycles. The molecule has 22 heavy (non-hydrogen) atoms. The van der Waals surface area contributed by atoms with Crippen molar-refractivity contribution in [2.45, 2.75) is 32.1 Å². The van der Waals surface area contributed by atoms with E-state index in [2.05, 4.69) is 6.07 Å². The number of carbonyl (C=O) groups excluding carboxylic acids is 1. The Labute approximate surface area is 129 Å². The third-order valence-corrected chi connectivity index (χ3v) is 4.47. The number of ether oxygens (including phenoxy) is 1. The number of ketones is 1. The smallest absolute Gasteiger partial charge is 0.204 e. The first kappa shape index (κ1) is 14.4. The molecule has 0 unspecified atom stereocenters. The summed E-state index contributed by atoms with van der Waals surface area (Å²) in [5.41, 5.74) is 8.03. The van der Waals surface area contributed by atoms with Crippen LogP contribution in [0.15, 0.2) is 53.1 Å². The molecule has 0 spiro atoms. The van der Waals surface area contributed by atoms with E-state index in [1.54, 1.807) is 0 Å². The molecule has 1 aromatic rings. The number of allylic oxidation sites excluding steroid dienone is 3. The topological polar surface area (TPSA) is 76.1 Å². The summed E-state index contributed by atoms with van der Waals surface area (Å²) in [4.78, 5) is 12.4. The minimum atomic E-state index is -0.316. The zero-order chi connectivity index (χ0) is 15.7. The lowest BCUT2D eigenvalue weighted by molar-refractivity contribution is -0.117. The fourth-order valence-electron chi connectivity index (χ4n) is 3.35. The van der Waals surface area contributed by atoms with Crippen molar-refractivity contribution in [1.29, 1.82) is 5.26 Å². The molecule has 1 aromatic carbocycles. The lowest BCUT2D eigenvalue weighted by atomic mass is 9.73. The molecule has 2 aliphatic rings. The highest BCUT2D eigenvalue weighted by Gasteiger charge is 2.40. The summed E-state index contributed by atoms with van der Waals surface area (Å²) in [6.07, 6.45) is 2.00. The number of nitrogens with zero attached hydrogens (tertiary/aromatic N) is 1. The lowest BCUT2D eigenvalue weighted by Crippen LogP contribution is -2.31. The van der Waals surface area contributed by atoms with Crippen LogP contribution in [0.1, 0.15) is 37.7 Å². The van der Waals surface area contributed by atoms with Gasteiger partial charge < -0.3 is 10.5 Å². The SMILES string of the molecule is C[C@H](c1ccccc1)[C@@H]1C(C#N)=C(N)OC2=C1C(=O)CCC2. The van der Waals surface area contributed by atoms with Gasteiger partial charge in [-0.25, -0.2) is 0 Å². The first-order valence-electron chi connectivity index (χ1n) is 7.52. The zero-order valence-corrected chi connectivity index (χ0v) is 12.5. The molecule has 2 N–H and O–H groups in total. The number of carbonyl (C=O) groups is 1. The molecule has 0 radical (unpaired) electrons. The molecule has 3 rings (SSSR count). The van der Waals surface area contributed by atoms with Gasteiger partial charge in [0.1, 0.15) is 11.8 Å². The summed E-state index contributed by atoms with van der Waals surface area (Å²) in [6.45, 7) is 2.03. The van der Waals surface area contributed by atoms with E-state index in [1.807, 2.05) is 37.3 Å². The first-order valence-corrected chi connectivity index (χ1v) is 7.52. The van der Waals surface area contributed by atoms with Crippen molar-refractivity contribution in [2.24, 2.45) is 11.7 Å². The van der Waals surface area contributed by atoms with Crippen LogP contribution < -0.4 is 5.73 Å². The molecular weight excluding hydrogens is 276 g/mol. The third kappa shape index (κ3) is 2.29. The van der Waals surface area contributed by atoms with Crippen LogP contribution in [0.25, 0.3) is 0 Å². The van der Waals surface area contributed by atoms with Gasteiger partial charge in [-0.15, -0.1) is 0 Å². The van der Waals surface area contributed by atoms with Crippen LogP contribution in [-0.2, 0) is 9.53 Å². The molecule has 0 aromatic heterocycles. The van der Waals surface area contributed by atoms with Crippen LogP contribution in [0.4, 0.5) is 0 Å². The van der Waals surface area contributed by atoms with E-state index in [1.165, 1.54) is 0 Å². The minimum Gasteiger partial charge on any atom is -0.444 e. The monoisotopic (exact) mass is 294 g/mol. The Kier molecular flexibility index (Phi) is 3.72. The number of nitriles is 1. The Hall–Kier alpha value is -2.54. The number of benzene rings is 1. The normalized spacial score (nSPS) is 22.7. The summed E-state index contributed by atoms with van der Waals surface area (Å²) >= 11 is 0. The van der Waals surface area contributed by atoms with E-state index in [-0.39, 0.29) is 23.5 Å². The number of Topliss-reactive ketones (excluding diaryl/α,β-unsaturated/α-hetero) is 1. The van der Waals surface area contributed by atoms with Gasteiger partial charge in [0, 0.05) is 24.3 Å². The van der Waals surface area contributed by atoms with Crippen LogP contribution in [0.2, 0.25) is 0 Å². The van der Waals surface area contributed by atoms with Gasteiger partial charge >= 0.3 is 0 Å². The van der Waals surface area contributed by atoms with Crippen LogP contribution in [0, 0.1) is 17.2 Å². The van der Waals surface area contributed by atoms with E-state index < -0.39 is 0 Å². The molecular formula is C18H18N2O2. The highest BCUT2D eigenvalue weighted by Crippen LogP contribution is 2.44. The molecule has 4 heteroatoms. The minimum absolute atomic E-state index is 0.00894. The fraction of sp³-hybridized carbons (Fsp3) is 0.333. The molecule has 2 atom stereocenters. The highest BCUT2D eigenvalue weighted by molar-refractivity contribution is 5.98. The van der Waals surface area contributed by atoms with Crippen LogP contribution in [0.5, 0.6) is 0 Å². The number of nitrogens with two attached hydrogens (primary N) is 1. The zero-order valence-electron chi connectivity index (χ0n) is 12.5. The molecule has 0 amide bonds. The first-order chi connectivity index (χ1) is 10.6. The third-order valence-electron chi connectivity index (χ3n) is 4.47. The Morgan fingerprint density at radius 1 is 1.32 bits per heavy atom.